The van der Waals surface area contributed by atoms with Gasteiger partial charge in [-0.3, -0.25) is 9.59 Å². The van der Waals surface area contributed by atoms with Crippen LogP contribution in [0.1, 0.15) is 284 Å². The summed E-state index contributed by atoms with van der Waals surface area (Å²) < 4.78 is 5.92. The van der Waals surface area contributed by atoms with Crippen molar-refractivity contribution in [3.05, 3.63) is 0 Å². The Morgan fingerprint density at radius 3 is 1.09 bits per heavy atom. The second-order valence-electron chi connectivity index (χ2n) is 17.6. The Labute approximate surface area is 349 Å². The molecule has 0 spiro atoms. The molecule has 0 rings (SSSR count). The zero-order valence-electron chi connectivity index (χ0n) is 38.0. The van der Waals surface area contributed by atoms with Crippen molar-refractivity contribution < 1.29 is 24.5 Å². The minimum atomic E-state index is -0.778. The number of carbonyl (C=O) groups excluding carboxylic acids is 2. The summed E-state index contributed by atoms with van der Waals surface area (Å²) >= 11 is 0. The number of esters is 1. The van der Waals surface area contributed by atoms with E-state index in [9.17, 15) is 19.8 Å². The van der Waals surface area contributed by atoms with Gasteiger partial charge in [-0.1, -0.05) is 245 Å². The molecule has 0 aromatic carbocycles. The first-order chi connectivity index (χ1) is 27.5. The lowest BCUT2D eigenvalue weighted by molar-refractivity contribution is -0.151. The molecule has 0 saturated heterocycles. The number of rotatable bonds is 46. The maximum atomic E-state index is 13.2. The SMILES string of the molecule is CCCCCCCCCCCCCCCCC(CC(=O)NC(CO)C(O)CCCCCCCCCCCCCCC)OC(=O)CCCCCCCCCCCC. The third-order valence-corrected chi connectivity index (χ3v) is 11.9. The fraction of sp³-hybridized carbons (Fsp3) is 0.960. The first-order valence-electron chi connectivity index (χ1n) is 25.3. The summed E-state index contributed by atoms with van der Waals surface area (Å²) in [4.78, 5) is 26.0. The molecule has 6 heteroatoms. The predicted molar refractivity (Wildman–Crippen MR) is 241 cm³/mol. The molecule has 0 aliphatic rings. The molecule has 0 aromatic rings. The Kier molecular flexibility index (Phi) is 44.0. The van der Waals surface area contributed by atoms with Gasteiger partial charge in [0.15, 0.2) is 0 Å². The van der Waals surface area contributed by atoms with Crippen molar-refractivity contribution in [2.45, 2.75) is 302 Å². The first-order valence-corrected chi connectivity index (χ1v) is 25.3. The Morgan fingerprint density at radius 2 is 0.750 bits per heavy atom. The third-order valence-electron chi connectivity index (χ3n) is 11.9. The summed E-state index contributed by atoms with van der Waals surface area (Å²) in [5, 5.41) is 23.7. The first kappa shape index (κ1) is 54.9. The average Bonchev–Trinajstić information content (AvgIpc) is 3.19. The van der Waals surface area contributed by atoms with Crippen LogP contribution >= 0.6 is 0 Å². The van der Waals surface area contributed by atoms with Gasteiger partial charge in [-0.25, -0.2) is 0 Å². The van der Waals surface area contributed by atoms with Gasteiger partial charge in [0.25, 0.3) is 0 Å². The van der Waals surface area contributed by atoms with E-state index >= 15 is 0 Å². The number of aliphatic hydroxyl groups is 2. The molecule has 0 aromatic heterocycles. The topological polar surface area (TPSA) is 95.9 Å². The van der Waals surface area contributed by atoms with Crippen molar-refractivity contribution in [2.75, 3.05) is 6.61 Å². The highest BCUT2D eigenvalue weighted by Crippen LogP contribution is 2.19. The van der Waals surface area contributed by atoms with Crippen LogP contribution in [0, 0.1) is 0 Å². The van der Waals surface area contributed by atoms with Crippen LogP contribution in [-0.2, 0) is 14.3 Å². The number of hydrogen-bond acceptors (Lipinski definition) is 5. The minimum Gasteiger partial charge on any atom is -0.462 e. The molecular weight excluding hydrogens is 695 g/mol. The summed E-state index contributed by atoms with van der Waals surface area (Å²) in [6.45, 7) is 6.49. The van der Waals surface area contributed by atoms with Gasteiger partial charge < -0.3 is 20.3 Å². The van der Waals surface area contributed by atoms with Crippen LogP contribution in [0.2, 0.25) is 0 Å². The number of hydrogen-bond donors (Lipinski definition) is 3. The van der Waals surface area contributed by atoms with E-state index in [2.05, 4.69) is 26.1 Å². The smallest absolute Gasteiger partial charge is 0.306 e. The monoisotopic (exact) mass is 794 g/mol. The van der Waals surface area contributed by atoms with E-state index in [-0.39, 0.29) is 24.9 Å². The molecule has 0 bridgehead atoms. The Balaban J connectivity index is 4.50. The van der Waals surface area contributed by atoms with Crippen molar-refractivity contribution in [2.24, 2.45) is 0 Å². The number of unbranched alkanes of at least 4 members (excludes halogenated alkanes) is 34. The van der Waals surface area contributed by atoms with Gasteiger partial charge >= 0.3 is 5.97 Å². The van der Waals surface area contributed by atoms with Crippen molar-refractivity contribution in [1.29, 1.82) is 0 Å². The van der Waals surface area contributed by atoms with Crippen LogP contribution in [0.3, 0.4) is 0 Å². The lowest BCUT2D eigenvalue weighted by Crippen LogP contribution is -2.46. The molecule has 0 aliphatic heterocycles. The molecule has 6 nitrogen and oxygen atoms in total. The molecule has 0 radical (unpaired) electrons. The highest BCUT2D eigenvalue weighted by Gasteiger charge is 2.24. The van der Waals surface area contributed by atoms with Crippen LogP contribution in [-0.4, -0.2) is 46.9 Å². The molecule has 0 saturated carbocycles. The zero-order chi connectivity index (χ0) is 41.0. The van der Waals surface area contributed by atoms with E-state index in [1.165, 1.54) is 193 Å². The van der Waals surface area contributed by atoms with Gasteiger partial charge in [0, 0.05) is 6.42 Å². The molecule has 0 heterocycles. The third kappa shape index (κ3) is 39.7. The molecular formula is C50H99NO5. The Bertz CT molecular complexity index is 806. The van der Waals surface area contributed by atoms with E-state index in [0.717, 1.165) is 44.9 Å². The highest BCUT2D eigenvalue weighted by molar-refractivity contribution is 5.77. The molecule has 0 fully saturated rings. The van der Waals surface area contributed by atoms with Gasteiger partial charge in [0.05, 0.1) is 25.2 Å². The van der Waals surface area contributed by atoms with Crippen LogP contribution in [0.5, 0.6) is 0 Å². The van der Waals surface area contributed by atoms with Gasteiger partial charge in [-0.15, -0.1) is 0 Å². The molecule has 3 N–H and O–H groups in total. The van der Waals surface area contributed by atoms with Crippen LogP contribution in [0.25, 0.3) is 0 Å². The van der Waals surface area contributed by atoms with Crippen molar-refractivity contribution in [3.8, 4) is 0 Å². The summed E-state index contributed by atoms with van der Waals surface area (Å²) in [6, 6.07) is -0.691. The Morgan fingerprint density at radius 1 is 0.446 bits per heavy atom. The largest absolute Gasteiger partial charge is 0.462 e. The number of amides is 1. The van der Waals surface area contributed by atoms with Gasteiger partial charge in [-0.2, -0.15) is 0 Å². The van der Waals surface area contributed by atoms with Crippen LogP contribution in [0.4, 0.5) is 0 Å². The lowest BCUT2D eigenvalue weighted by Gasteiger charge is -2.24. The fourth-order valence-corrected chi connectivity index (χ4v) is 8.08. The number of carbonyl (C=O) groups is 2. The zero-order valence-corrected chi connectivity index (χ0v) is 38.0. The van der Waals surface area contributed by atoms with E-state index in [1.807, 2.05) is 0 Å². The molecule has 0 aliphatic carbocycles. The molecule has 1 amide bonds. The van der Waals surface area contributed by atoms with E-state index < -0.39 is 18.2 Å². The predicted octanol–water partition coefficient (Wildman–Crippen LogP) is 14.8. The van der Waals surface area contributed by atoms with Crippen LogP contribution < -0.4 is 5.32 Å². The van der Waals surface area contributed by atoms with Gasteiger partial charge in [-0.05, 0) is 25.7 Å². The van der Waals surface area contributed by atoms with E-state index in [0.29, 0.717) is 19.3 Å². The molecule has 334 valence electrons. The van der Waals surface area contributed by atoms with Crippen molar-refractivity contribution in [1.82, 2.24) is 5.32 Å². The summed E-state index contributed by atoms with van der Waals surface area (Å²) in [5.41, 5.74) is 0. The maximum Gasteiger partial charge on any atom is 0.306 e. The summed E-state index contributed by atoms with van der Waals surface area (Å²) in [7, 11) is 0. The standard InChI is InChI=1S/C50H99NO5/c1-4-7-10-13-16-19-22-24-26-27-29-32-35-38-41-46(56-50(55)43-40-37-34-31-21-18-15-12-9-6-3)44-49(54)51-47(45-52)48(53)42-39-36-33-30-28-25-23-20-17-14-11-8-5-2/h46-48,52-53H,4-45H2,1-3H3,(H,51,54). The highest BCUT2D eigenvalue weighted by atomic mass is 16.5. The number of ether oxygens (including phenoxy) is 1. The summed E-state index contributed by atoms with van der Waals surface area (Å²) in [5.74, 6) is -0.454. The van der Waals surface area contributed by atoms with E-state index in [4.69, 9.17) is 4.74 Å². The fourth-order valence-electron chi connectivity index (χ4n) is 8.08. The van der Waals surface area contributed by atoms with Gasteiger partial charge in [0.2, 0.25) is 5.91 Å². The second kappa shape index (κ2) is 45.0. The quantitative estimate of drug-likeness (QED) is 0.0421. The van der Waals surface area contributed by atoms with Crippen LogP contribution in [0.15, 0.2) is 0 Å². The number of nitrogens with one attached hydrogen (secondary N) is 1. The maximum absolute atomic E-state index is 13.2. The van der Waals surface area contributed by atoms with Gasteiger partial charge in [0.1, 0.15) is 6.10 Å². The Hall–Kier alpha value is -1.14. The number of aliphatic hydroxyl groups excluding tert-OH is 2. The van der Waals surface area contributed by atoms with Crippen molar-refractivity contribution >= 4 is 11.9 Å². The molecule has 3 unspecified atom stereocenters. The lowest BCUT2D eigenvalue weighted by atomic mass is 10.0. The molecule has 56 heavy (non-hydrogen) atoms. The second-order valence-corrected chi connectivity index (χ2v) is 17.6. The average molecular weight is 794 g/mol. The van der Waals surface area contributed by atoms with Crippen molar-refractivity contribution in [3.63, 3.8) is 0 Å². The van der Waals surface area contributed by atoms with E-state index in [1.54, 1.807) is 0 Å². The summed E-state index contributed by atoms with van der Waals surface area (Å²) in [6.07, 6.45) is 47.3. The molecule has 3 atom stereocenters. The minimum absolute atomic E-state index is 0.0875. The normalized spacial score (nSPS) is 13.2.